The van der Waals surface area contributed by atoms with Crippen LogP contribution in [-0.2, 0) is 19.9 Å². The summed E-state index contributed by atoms with van der Waals surface area (Å²) >= 11 is 5.90. The number of halogens is 1. The Morgan fingerprint density at radius 2 is 2.04 bits per heavy atom. The molecule has 2 aromatic heterocycles. The molecule has 1 aliphatic rings. The molecular formula is C17H15ClN6O. The van der Waals surface area contributed by atoms with Gasteiger partial charge in [0, 0.05) is 29.5 Å². The van der Waals surface area contributed by atoms with E-state index in [2.05, 4.69) is 20.4 Å². The average Bonchev–Trinajstić information content (AvgIpc) is 2.94. The molecule has 0 spiro atoms. The molecule has 0 saturated carbocycles. The number of anilines is 2. The molecule has 0 atom stereocenters. The minimum atomic E-state index is -0.520. The van der Waals surface area contributed by atoms with Gasteiger partial charge in [0.25, 0.3) is 5.91 Å². The predicted molar refractivity (Wildman–Crippen MR) is 94.9 cm³/mol. The molecule has 0 aliphatic heterocycles. The molecule has 0 saturated heterocycles. The SMILES string of the molecule is Cn1nc(C(N)=O)c2c1-c1nc(Nc3ccc(Cl)cc3)ncc1CC2. The number of carbonyl (C=O) groups is 1. The third-order valence-electron chi connectivity index (χ3n) is 4.21. The number of fused-ring (bicyclic) bond motifs is 3. The third-order valence-corrected chi connectivity index (χ3v) is 4.46. The molecule has 25 heavy (non-hydrogen) atoms. The van der Waals surface area contributed by atoms with Crippen molar-refractivity contribution in [3.63, 3.8) is 0 Å². The van der Waals surface area contributed by atoms with Crippen LogP contribution < -0.4 is 11.1 Å². The largest absolute Gasteiger partial charge is 0.364 e. The third kappa shape index (κ3) is 2.72. The maximum atomic E-state index is 11.6. The standard InChI is InChI=1S/C17H15ClN6O/c1-24-15-12(14(23-24)16(19)25)7-2-9-8-20-17(22-13(9)15)21-11-5-3-10(18)4-6-11/h3-6,8H,2,7H2,1H3,(H2,19,25)(H,20,21,22). The van der Waals surface area contributed by atoms with E-state index in [1.807, 2.05) is 12.1 Å². The Morgan fingerprint density at radius 1 is 1.28 bits per heavy atom. The molecule has 1 amide bonds. The summed E-state index contributed by atoms with van der Waals surface area (Å²) < 4.78 is 1.66. The van der Waals surface area contributed by atoms with E-state index < -0.39 is 5.91 Å². The second-order valence-corrected chi connectivity index (χ2v) is 6.30. The Labute approximate surface area is 148 Å². The number of primary amides is 1. The van der Waals surface area contributed by atoms with E-state index >= 15 is 0 Å². The van der Waals surface area contributed by atoms with Gasteiger partial charge in [-0.15, -0.1) is 0 Å². The molecule has 2 heterocycles. The molecule has 3 N–H and O–H groups in total. The van der Waals surface area contributed by atoms with Crippen LogP contribution >= 0.6 is 11.6 Å². The maximum Gasteiger partial charge on any atom is 0.269 e. The van der Waals surface area contributed by atoms with Crippen LogP contribution in [-0.4, -0.2) is 25.7 Å². The number of aryl methyl sites for hydroxylation is 2. The first-order valence-corrected chi connectivity index (χ1v) is 8.15. The summed E-state index contributed by atoms with van der Waals surface area (Å²) in [5.41, 5.74) is 10.1. The molecule has 0 bridgehead atoms. The fourth-order valence-corrected chi connectivity index (χ4v) is 3.20. The molecule has 0 radical (unpaired) electrons. The number of amides is 1. The van der Waals surface area contributed by atoms with Crippen LogP contribution in [0.4, 0.5) is 11.6 Å². The summed E-state index contributed by atoms with van der Waals surface area (Å²) in [6, 6.07) is 7.29. The lowest BCUT2D eigenvalue weighted by molar-refractivity contribution is 0.0994. The van der Waals surface area contributed by atoms with Gasteiger partial charge in [-0.2, -0.15) is 5.10 Å². The topological polar surface area (TPSA) is 98.7 Å². The summed E-state index contributed by atoms with van der Waals surface area (Å²) in [4.78, 5) is 20.6. The van der Waals surface area contributed by atoms with Crippen molar-refractivity contribution < 1.29 is 4.79 Å². The Kier molecular flexibility index (Phi) is 3.65. The molecule has 3 aromatic rings. The monoisotopic (exact) mass is 354 g/mol. The normalized spacial score (nSPS) is 12.4. The Balaban J connectivity index is 1.76. The molecule has 4 rings (SSSR count). The van der Waals surface area contributed by atoms with Crippen molar-refractivity contribution in [3.05, 3.63) is 52.3 Å². The van der Waals surface area contributed by atoms with Crippen molar-refractivity contribution in [1.82, 2.24) is 19.7 Å². The fourth-order valence-electron chi connectivity index (χ4n) is 3.08. The van der Waals surface area contributed by atoms with E-state index in [0.29, 0.717) is 23.1 Å². The summed E-state index contributed by atoms with van der Waals surface area (Å²) in [6.07, 6.45) is 3.25. The number of nitrogens with one attached hydrogen (secondary N) is 1. The predicted octanol–water partition coefficient (Wildman–Crippen LogP) is 2.47. The summed E-state index contributed by atoms with van der Waals surface area (Å²) in [6.45, 7) is 0. The Bertz CT molecular complexity index is 980. The van der Waals surface area contributed by atoms with Gasteiger partial charge in [-0.05, 0) is 42.7 Å². The molecule has 1 aromatic carbocycles. The number of carbonyl (C=O) groups excluding carboxylic acids is 1. The lowest BCUT2D eigenvalue weighted by Crippen LogP contribution is -2.16. The van der Waals surface area contributed by atoms with Crippen molar-refractivity contribution in [1.29, 1.82) is 0 Å². The van der Waals surface area contributed by atoms with Crippen molar-refractivity contribution >= 4 is 29.1 Å². The highest BCUT2D eigenvalue weighted by Gasteiger charge is 2.27. The van der Waals surface area contributed by atoms with Gasteiger partial charge < -0.3 is 11.1 Å². The average molecular weight is 355 g/mol. The molecule has 7 nitrogen and oxygen atoms in total. The highest BCUT2D eigenvalue weighted by Crippen LogP contribution is 2.34. The molecule has 0 fully saturated rings. The van der Waals surface area contributed by atoms with Crippen LogP contribution in [0, 0.1) is 0 Å². The first-order valence-electron chi connectivity index (χ1n) is 7.77. The quantitative estimate of drug-likeness (QED) is 0.752. The number of nitrogens with zero attached hydrogens (tertiary/aromatic N) is 4. The molecule has 1 aliphatic carbocycles. The van der Waals surface area contributed by atoms with E-state index in [0.717, 1.165) is 34.6 Å². The zero-order chi connectivity index (χ0) is 17.6. The van der Waals surface area contributed by atoms with E-state index in [1.165, 1.54) is 0 Å². The van der Waals surface area contributed by atoms with Crippen molar-refractivity contribution in [2.24, 2.45) is 12.8 Å². The molecular weight excluding hydrogens is 340 g/mol. The highest BCUT2D eigenvalue weighted by atomic mass is 35.5. The van der Waals surface area contributed by atoms with Gasteiger partial charge in [0.05, 0.1) is 11.4 Å². The van der Waals surface area contributed by atoms with Crippen molar-refractivity contribution in [3.8, 4) is 11.4 Å². The van der Waals surface area contributed by atoms with E-state index in [9.17, 15) is 4.79 Å². The lowest BCUT2D eigenvalue weighted by Gasteiger charge is -2.17. The van der Waals surface area contributed by atoms with Crippen LogP contribution in [0.15, 0.2) is 30.5 Å². The van der Waals surface area contributed by atoms with Gasteiger partial charge in [0.2, 0.25) is 5.95 Å². The second-order valence-electron chi connectivity index (χ2n) is 5.86. The van der Waals surface area contributed by atoms with Crippen molar-refractivity contribution in [2.75, 3.05) is 5.32 Å². The summed E-state index contributed by atoms with van der Waals surface area (Å²) in [7, 11) is 1.79. The Morgan fingerprint density at radius 3 is 2.76 bits per heavy atom. The molecule has 0 unspecified atom stereocenters. The number of rotatable bonds is 3. The first-order chi connectivity index (χ1) is 12.0. The zero-order valence-electron chi connectivity index (χ0n) is 13.5. The van der Waals surface area contributed by atoms with Gasteiger partial charge >= 0.3 is 0 Å². The van der Waals surface area contributed by atoms with Gasteiger partial charge in [-0.25, -0.2) is 9.97 Å². The van der Waals surface area contributed by atoms with E-state index in [-0.39, 0.29) is 0 Å². The number of benzene rings is 1. The van der Waals surface area contributed by atoms with Gasteiger partial charge in [-0.1, -0.05) is 11.6 Å². The van der Waals surface area contributed by atoms with Gasteiger partial charge in [0.1, 0.15) is 0 Å². The Hall–Kier alpha value is -2.93. The molecule has 126 valence electrons. The van der Waals surface area contributed by atoms with E-state index in [1.54, 1.807) is 30.1 Å². The second kappa shape index (κ2) is 5.86. The molecule has 8 heteroatoms. The first kappa shape index (κ1) is 15.6. The van der Waals surface area contributed by atoms with Crippen LogP contribution in [0.25, 0.3) is 11.4 Å². The van der Waals surface area contributed by atoms with Crippen LogP contribution in [0.1, 0.15) is 21.6 Å². The van der Waals surface area contributed by atoms with Gasteiger partial charge in [0.15, 0.2) is 5.69 Å². The van der Waals surface area contributed by atoms with Gasteiger partial charge in [-0.3, -0.25) is 9.48 Å². The maximum absolute atomic E-state index is 11.6. The fraction of sp³-hybridized carbons (Fsp3) is 0.176. The lowest BCUT2D eigenvalue weighted by atomic mass is 9.93. The van der Waals surface area contributed by atoms with Crippen LogP contribution in [0.5, 0.6) is 0 Å². The summed E-state index contributed by atoms with van der Waals surface area (Å²) in [5.74, 6) is -0.0513. The minimum Gasteiger partial charge on any atom is -0.364 e. The number of nitrogens with two attached hydrogens (primary N) is 1. The number of aromatic nitrogens is 4. The van der Waals surface area contributed by atoms with Crippen LogP contribution in [0.3, 0.4) is 0 Å². The summed E-state index contributed by atoms with van der Waals surface area (Å²) in [5, 5.41) is 8.08. The smallest absolute Gasteiger partial charge is 0.269 e. The highest BCUT2D eigenvalue weighted by molar-refractivity contribution is 6.30. The van der Waals surface area contributed by atoms with Crippen molar-refractivity contribution in [2.45, 2.75) is 12.8 Å². The van der Waals surface area contributed by atoms with E-state index in [4.69, 9.17) is 17.3 Å². The number of hydrogen-bond donors (Lipinski definition) is 2. The zero-order valence-corrected chi connectivity index (χ0v) is 14.2. The number of hydrogen-bond acceptors (Lipinski definition) is 5. The minimum absolute atomic E-state index is 0.314. The van der Waals surface area contributed by atoms with Crippen LogP contribution in [0.2, 0.25) is 5.02 Å².